The second-order valence-corrected chi connectivity index (χ2v) is 7.44. The SMILES string of the molecule is O=C(NCC(c1ccco1)S(=O)(=O)c1ccccc1)c1cccnc1. The van der Waals surface area contributed by atoms with E-state index in [1.807, 2.05) is 0 Å². The number of nitrogens with one attached hydrogen (secondary N) is 1. The van der Waals surface area contributed by atoms with Gasteiger partial charge < -0.3 is 9.73 Å². The zero-order valence-electron chi connectivity index (χ0n) is 13.2. The zero-order valence-corrected chi connectivity index (χ0v) is 14.0. The number of hydrogen-bond donors (Lipinski definition) is 1. The van der Waals surface area contributed by atoms with Crippen LogP contribution in [0.4, 0.5) is 0 Å². The lowest BCUT2D eigenvalue weighted by molar-refractivity contribution is 0.0953. The van der Waals surface area contributed by atoms with Crippen molar-refractivity contribution in [3.05, 3.63) is 84.6 Å². The summed E-state index contributed by atoms with van der Waals surface area (Å²) in [5.41, 5.74) is 0.359. The number of nitrogens with zero attached hydrogens (tertiary/aromatic N) is 1. The molecule has 0 radical (unpaired) electrons. The van der Waals surface area contributed by atoms with Gasteiger partial charge in [0.05, 0.1) is 16.7 Å². The summed E-state index contributed by atoms with van der Waals surface area (Å²) in [6.07, 6.45) is 4.39. The third-order valence-electron chi connectivity index (χ3n) is 3.68. The fourth-order valence-electron chi connectivity index (χ4n) is 2.40. The summed E-state index contributed by atoms with van der Waals surface area (Å²) in [6, 6.07) is 14.5. The highest BCUT2D eigenvalue weighted by molar-refractivity contribution is 7.91. The van der Waals surface area contributed by atoms with Gasteiger partial charge in [-0.15, -0.1) is 0 Å². The van der Waals surface area contributed by atoms with E-state index < -0.39 is 21.0 Å². The molecule has 3 rings (SSSR count). The Morgan fingerprint density at radius 3 is 2.52 bits per heavy atom. The number of carbonyl (C=O) groups is 1. The van der Waals surface area contributed by atoms with Gasteiger partial charge in [0, 0.05) is 18.9 Å². The average Bonchev–Trinajstić information content (AvgIpc) is 3.17. The first-order valence-electron chi connectivity index (χ1n) is 7.59. The van der Waals surface area contributed by atoms with E-state index in [0.717, 1.165) is 0 Å². The molecule has 3 aromatic rings. The quantitative estimate of drug-likeness (QED) is 0.733. The Morgan fingerprint density at radius 2 is 1.88 bits per heavy atom. The molecule has 7 heteroatoms. The molecule has 0 aliphatic rings. The lowest BCUT2D eigenvalue weighted by atomic mass is 10.2. The summed E-state index contributed by atoms with van der Waals surface area (Å²) < 4.78 is 31.2. The minimum atomic E-state index is -3.73. The number of carbonyl (C=O) groups excluding carboxylic acids is 1. The van der Waals surface area contributed by atoms with Crippen molar-refractivity contribution in [2.75, 3.05) is 6.54 Å². The average molecular weight is 356 g/mol. The number of aromatic nitrogens is 1. The van der Waals surface area contributed by atoms with Gasteiger partial charge >= 0.3 is 0 Å². The Kier molecular flexibility index (Phi) is 4.95. The number of hydrogen-bond acceptors (Lipinski definition) is 5. The van der Waals surface area contributed by atoms with Crippen molar-refractivity contribution in [3.8, 4) is 0 Å². The normalized spacial score (nSPS) is 12.5. The van der Waals surface area contributed by atoms with Crippen molar-refractivity contribution in [1.29, 1.82) is 0 Å². The molecule has 0 spiro atoms. The largest absolute Gasteiger partial charge is 0.468 e. The molecule has 2 heterocycles. The van der Waals surface area contributed by atoms with E-state index in [1.165, 1.54) is 24.6 Å². The number of benzene rings is 1. The van der Waals surface area contributed by atoms with Crippen molar-refractivity contribution in [3.63, 3.8) is 0 Å². The summed E-state index contributed by atoms with van der Waals surface area (Å²) in [4.78, 5) is 16.3. The molecule has 25 heavy (non-hydrogen) atoms. The van der Waals surface area contributed by atoms with E-state index in [4.69, 9.17) is 4.42 Å². The van der Waals surface area contributed by atoms with Crippen molar-refractivity contribution < 1.29 is 17.6 Å². The molecule has 0 saturated heterocycles. The molecule has 0 fully saturated rings. The van der Waals surface area contributed by atoms with Crippen LogP contribution in [0.2, 0.25) is 0 Å². The van der Waals surface area contributed by atoms with Crippen LogP contribution >= 0.6 is 0 Å². The highest BCUT2D eigenvalue weighted by Gasteiger charge is 2.31. The number of sulfone groups is 1. The Balaban J connectivity index is 1.86. The first-order chi connectivity index (χ1) is 12.1. The molecule has 1 aromatic carbocycles. The maximum Gasteiger partial charge on any atom is 0.252 e. The van der Waals surface area contributed by atoms with Gasteiger partial charge in [-0.3, -0.25) is 9.78 Å². The Hall–Kier alpha value is -2.93. The Labute approximate surface area is 145 Å². The number of rotatable bonds is 6. The van der Waals surface area contributed by atoms with E-state index in [0.29, 0.717) is 5.56 Å². The molecule has 1 unspecified atom stereocenters. The van der Waals surface area contributed by atoms with Crippen molar-refractivity contribution in [1.82, 2.24) is 10.3 Å². The van der Waals surface area contributed by atoms with Crippen LogP contribution in [0.15, 0.2) is 82.6 Å². The maximum atomic E-state index is 13.0. The number of pyridine rings is 1. The highest BCUT2D eigenvalue weighted by Crippen LogP contribution is 2.28. The molecular formula is C18H16N2O4S. The molecule has 0 aliphatic carbocycles. The Bertz CT molecular complexity index is 924. The lowest BCUT2D eigenvalue weighted by Gasteiger charge is -2.16. The van der Waals surface area contributed by atoms with Gasteiger partial charge in [-0.25, -0.2) is 8.42 Å². The molecule has 1 atom stereocenters. The molecular weight excluding hydrogens is 340 g/mol. The minimum Gasteiger partial charge on any atom is -0.468 e. The van der Waals surface area contributed by atoms with E-state index in [-0.39, 0.29) is 17.2 Å². The molecule has 6 nitrogen and oxygen atoms in total. The van der Waals surface area contributed by atoms with Crippen LogP contribution in [0.5, 0.6) is 0 Å². The molecule has 0 saturated carbocycles. The van der Waals surface area contributed by atoms with Crippen LogP contribution in [0.3, 0.4) is 0 Å². The van der Waals surface area contributed by atoms with Crippen molar-refractivity contribution >= 4 is 15.7 Å². The van der Waals surface area contributed by atoms with Crippen LogP contribution in [-0.4, -0.2) is 25.9 Å². The van der Waals surface area contributed by atoms with Gasteiger partial charge in [0.1, 0.15) is 11.0 Å². The second-order valence-electron chi connectivity index (χ2n) is 5.31. The topological polar surface area (TPSA) is 89.3 Å². The van der Waals surface area contributed by atoms with Crippen molar-refractivity contribution in [2.24, 2.45) is 0 Å². The molecule has 1 amide bonds. The standard InChI is InChI=1S/C18H16N2O4S/c21-18(14-6-4-10-19-12-14)20-13-17(16-9-5-11-24-16)25(22,23)15-7-2-1-3-8-15/h1-12,17H,13H2,(H,20,21). The van der Waals surface area contributed by atoms with Gasteiger partial charge in [-0.05, 0) is 36.4 Å². The molecule has 0 bridgehead atoms. The molecule has 0 aliphatic heterocycles. The summed E-state index contributed by atoms with van der Waals surface area (Å²) in [6.45, 7) is -0.113. The van der Waals surface area contributed by atoms with Crippen LogP contribution in [0, 0.1) is 0 Å². The fraction of sp³-hybridized carbons (Fsp3) is 0.111. The number of furan rings is 1. The van der Waals surface area contributed by atoms with Crippen LogP contribution in [0.1, 0.15) is 21.4 Å². The van der Waals surface area contributed by atoms with Gasteiger partial charge in [-0.1, -0.05) is 18.2 Å². The third kappa shape index (κ3) is 3.77. The number of amides is 1. The lowest BCUT2D eigenvalue weighted by Crippen LogP contribution is -2.31. The minimum absolute atomic E-state index is 0.113. The van der Waals surface area contributed by atoms with Gasteiger partial charge in [0.25, 0.3) is 5.91 Å². The van der Waals surface area contributed by atoms with Gasteiger partial charge in [-0.2, -0.15) is 0 Å². The molecule has 128 valence electrons. The predicted octanol–water partition coefficient (Wildman–Crippen LogP) is 2.62. The van der Waals surface area contributed by atoms with Crippen LogP contribution in [0.25, 0.3) is 0 Å². The van der Waals surface area contributed by atoms with E-state index in [2.05, 4.69) is 10.3 Å². The van der Waals surface area contributed by atoms with Crippen molar-refractivity contribution in [2.45, 2.75) is 10.1 Å². The van der Waals surface area contributed by atoms with Gasteiger partial charge in [0.2, 0.25) is 0 Å². The zero-order chi connectivity index (χ0) is 17.7. The smallest absolute Gasteiger partial charge is 0.252 e. The third-order valence-corrected chi connectivity index (χ3v) is 5.76. The van der Waals surface area contributed by atoms with E-state index in [9.17, 15) is 13.2 Å². The molecule has 2 aromatic heterocycles. The van der Waals surface area contributed by atoms with Crippen LogP contribution in [-0.2, 0) is 9.84 Å². The summed E-state index contributed by atoms with van der Waals surface area (Å²) in [7, 11) is -3.73. The van der Waals surface area contributed by atoms with E-state index in [1.54, 1.807) is 48.7 Å². The monoisotopic (exact) mass is 356 g/mol. The first-order valence-corrected chi connectivity index (χ1v) is 9.14. The Morgan fingerprint density at radius 1 is 1.08 bits per heavy atom. The predicted molar refractivity (Wildman–Crippen MR) is 91.6 cm³/mol. The fourth-order valence-corrected chi connectivity index (χ4v) is 4.00. The first kappa shape index (κ1) is 16.9. The van der Waals surface area contributed by atoms with E-state index >= 15 is 0 Å². The molecule has 1 N–H and O–H groups in total. The maximum absolute atomic E-state index is 13.0. The van der Waals surface area contributed by atoms with Crippen LogP contribution < -0.4 is 5.32 Å². The summed E-state index contributed by atoms with van der Waals surface area (Å²) in [5, 5.41) is 1.62. The summed E-state index contributed by atoms with van der Waals surface area (Å²) in [5.74, 6) is -0.122. The summed E-state index contributed by atoms with van der Waals surface area (Å²) >= 11 is 0. The van der Waals surface area contributed by atoms with Gasteiger partial charge in [0.15, 0.2) is 9.84 Å². The second kappa shape index (κ2) is 7.31. The highest BCUT2D eigenvalue weighted by atomic mass is 32.2.